The fourth-order valence-electron chi connectivity index (χ4n) is 3.15. The van der Waals surface area contributed by atoms with Gasteiger partial charge in [-0.2, -0.15) is 0 Å². The molecule has 6 heteroatoms. The van der Waals surface area contributed by atoms with Gasteiger partial charge in [0.2, 0.25) is 0 Å². The van der Waals surface area contributed by atoms with Crippen LogP contribution in [0.4, 0.5) is 4.39 Å². The van der Waals surface area contributed by atoms with E-state index in [1.807, 2.05) is 18.2 Å². The Morgan fingerprint density at radius 2 is 2.08 bits per heavy atom. The van der Waals surface area contributed by atoms with Gasteiger partial charge in [-0.25, -0.2) is 9.82 Å². The van der Waals surface area contributed by atoms with Gasteiger partial charge in [0.15, 0.2) is 0 Å². The van der Waals surface area contributed by atoms with E-state index in [1.165, 1.54) is 12.1 Å². The van der Waals surface area contributed by atoms with Crippen molar-refractivity contribution in [1.29, 1.82) is 0 Å². The molecule has 1 aliphatic heterocycles. The van der Waals surface area contributed by atoms with Crippen LogP contribution in [0.3, 0.4) is 0 Å². The van der Waals surface area contributed by atoms with E-state index in [9.17, 15) is 4.39 Å². The van der Waals surface area contributed by atoms with E-state index < -0.39 is 0 Å². The number of hydrogen-bond acceptors (Lipinski definition) is 5. The second-order valence-electron chi connectivity index (χ2n) is 6.89. The summed E-state index contributed by atoms with van der Waals surface area (Å²) in [4.78, 5) is 2.25. The van der Waals surface area contributed by atoms with Crippen molar-refractivity contribution in [3.8, 4) is 0 Å². The molecular weight excluding hydrogens is 307 g/mol. The van der Waals surface area contributed by atoms with Crippen molar-refractivity contribution in [3.05, 3.63) is 53.2 Å². The monoisotopic (exact) mass is 332 g/mol. The summed E-state index contributed by atoms with van der Waals surface area (Å²) in [5.41, 5.74) is 8.57. The van der Waals surface area contributed by atoms with Crippen LogP contribution >= 0.6 is 0 Å². The van der Waals surface area contributed by atoms with Crippen LogP contribution in [-0.4, -0.2) is 30.2 Å². The first-order valence-corrected chi connectivity index (χ1v) is 8.41. The molecule has 0 aliphatic carbocycles. The third-order valence-corrected chi connectivity index (χ3v) is 4.45. The molecule has 0 saturated carbocycles. The topological polar surface area (TPSA) is 53.3 Å². The summed E-state index contributed by atoms with van der Waals surface area (Å²) in [7, 11) is 2.09. The zero-order valence-corrected chi connectivity index (χ0v) is 14.4. The Bertz CT molecular complexity index is 655. The Morgan fingerprint density at radius 3 is 2.75 bits per heavy atom. The summed E-state index contributed by atoms with van der Waals surface area (Å²) in [5, 5.41) is 4.15. The zero-order valence-electron chi connectivity index (χ0n) is 14.4. The van der Waals surface area contributed by atoms with Crippen molar-refractivity contribution < 1.29 is 8.91 Å². The fourth-order valence-corrected chi connectivity index (χ4v) is 3.15. The molecule has 3 rings (SSSR count). The molecule has 130 valence electrons. The second-order valence-corrected chi connectivity index (χ2v) is 6.89. The average molecular weight is 332 g/mol. The van der Waals surface area contributed by atoms with E-state index in [-0.39, 0.29) is 11.9 Å². The maximum Gasteiger partial charge on any atom is 0.139 e. The maximum atomic E-state index is 13.1. The lowest BCUT2D eigenvalue weighted by molar-refractivity contribution is 0.254. The van der Waals surface area contributed by atoms with Crippen molar-refractivity contribution in [1.82, 2.24) is 20.9 Å². The van der Waals surface area contributed by atoms with Crippen LogP contribution in [0.25, 0.3) is 0 Å². The number of aromatic nitrogens is 1. The van der Waals surface area contributed by atoms with Gasteiger partial charge >= 0.3 is 0 Å². The predicted molar refractivity (Wildman–Crippen MR) is 90.7 cm³/mol. The Balaban J connectivity index is 1.60. The molecule has 2 unspecified atom stereocenters. The number of benzene rings is 1. The van der Waals surface area contributed by atoms with E-state index in [4.69, 9.17) is 4.52 Å². The Hall–Kier alpha value is -1.76. The van der Waals surface area contributed by atoms with Crippen LogP contribution in [0.2, 0.25) is 0 Å². The normalized spacial score (nSPS) is 21.1. The minimum absolute atomic E-state index is 0.177. The molecule has 2 heterocycles. The fraction of sp³-hybridized carbons (Fsp3) is 0.500. The largest absolute Gasteiger partial charge is 0.361 e. The molecule has 2 N–H and O–H groups in total. The zero-order chi connectivity index (χ0) is 17.1. The molecule has 0 radical (unpaired) electrons. The minimum Gasteiger partial charge on any atom is -0.361 e. The molecule has 24 heavy (non-hydrogen) atoms. The first-order valence-electron chi connectivity index (χ1n) is 8.41. The van der Waals surface area contributed by atoms with Gasteiger partial charge in [-0.15, -0.1) is 0 Å². The molecule has 1 saturated heterocycles. The molecule has 2 atom stereocenters. The van der Waals surface area contributed by atoms with Crippen molar-refractivity contribution in [2.75, 3.05) is 20.1 Å². The molecule has 1 aromatic carbocycles. The van der Waals surface area contributed by atoms with Crippen LogP contribution in [0.1, 0.15) is 42.8 Å². The highest BCUT2D eigenvalue weighted by Gasteiger charge is 2.29. The summed E-state index contributed by atoms with van der Waals surface area (Å²) < 4.78 is 18.5. The third-order valence-electron chi connectivity index (χ3n) is 4.45. The molecular formula is C18H25FN4O. The Morgan fingerprint density at radius 1 is 1.33 bits per heavy atom. The average Bonchev–Trinajstić information content (AvgIpc) is 3.17. The lowest BCUT2D eigenvalue weighted by atomic mass is 9.94. The van der Waals surface area contributed by atoms with Gasteiger partial charge in [-0.3, -0.25) is 5.43 Å². The van der Waals surface area contributed by atoms with Gasteiger partial charge < -0.3 is 9.42 Å². The standard InChI is InChI=1S/C18H25FN4O/c1-12(2)17-8-16(22-24-17)11-23(3)10-14-9-20-21-18(14)13-4-6-15(19)7-5-13/h4-8,12,14,18,20-21H,9-11H2,1-3H3. The van der Waals surface area contributed by atoms with Crippen molar-refractivity contribution >= 4 is 0 Å². The predicted octanol–water partition coefficient (Wildman–Crippen LogP) is 2.83. The molecule has 1 aliphatic rings. The SMILES string of the molecule is CC(C)c1cc(CN(C)CC2CNNC2c2ccc(F)cc2)no1. The van der Waals surface area contributed by atoms with Crippen LogP contribution in [-0.2, 0) is 6.54 Å². The summed E-state index contributed by atoms with van der Waals surface area (Å²) in [6.07, 6.45) is 0. The maximum absolute atomic E-state index is 13.1. The Labute approximate surface area is 142 Å². The van der Waals surface area contributed by atoms with E-state index in [0.29, 0.717) is 11.8 Å². The van der Waals surface area contributed by atoms with Crippen LogP contribution < -0.4 is 10.9 Å². The molecule has 5 nitrogen and oxygen atoms in total. The van der Waals surface area contributed by atoms with Crippen molar-refractivity contribution in [2.45, 2.75) is 32.4 Å². The highest BCUT2D eigenvalue weighted by molar-refractivity contribution is 5.21. The van der Waals surface area contributed by atoms with E-state index in [0.717, 1.165) is 36.7 Å². The lowest BCUT2D eigenvalue weighted by Gasteiger charge is -2.24. The summed E-state index contributed by atoms with van der Waals surface area (Å²) in [6, 6.07) is 8.93. The molecule has 1 aromatic heterocycles. The van der Waals surface area contributed by atoms with E-state index in [2.05, 4.69) is 41.8 Å². The molecule has 2 aromatic rings. The number of nitrogens with zero attached hydrogens (tertiary/aromatic N) is 2. The highest BCUT2D eigenvalue weighted by atomic mass is 19.1. The second kappa shape index (κ2) is 7.42. The molecule has 0 bridgehead atoms. The summed E-state index contributed by atoms with van der Waals surface area (Å²) in [5.74, 6) is 1.47. The third kappa shape index (κ3) is 4.01. The van der Waals surface area contributed by atoms with Crippen LogP contribution in [0.15, 0.2) is 34.9 Å². The van der Waals surface area contributed by atoms with Gasteiger partial charge in [0, 0.05) is 37.5 Å². The van der Waals surface area contributed by atoms with Crippen molar-refractivity contribution in [2.24, 2.45) is 5.92 Å². The number of hydrogen-bond donors (Lipinski definition) is 2. The lowest BCUT2D eigenvalue weighted by Crippen LogP contribution is -2.30. The van der Waals surface area contributed by atoms with Gasteiger partial charge in [-0.1, -0.05) is 31.1 Å². The summed E-state index contributed by atoms with van der Waals surface area (Å²) >= 11 is 0. The molecule has 1 fully saturated rings. The van der Waals surface area contributed by atoms with Gasteiger partial charge in [0.25, 0.3) is 0 Å². The van der Waals surface area contributed by atoms with Gasteiger partial charge in [0.1, 0.15) is 11.6 Å². The van der Waals surface area contributed by atoms with Gasteiger partial charge in [-0.05, 0) is 24.7 Å². The quantitative estimate of drug-likeness (QED) is 0.852. The Kier molecular flexibility index (Phi) is 5.28. The molecule has 0 spiro atoms. The minimum atomic E-state index is -0.203. The number of nitrogens with one attached hydrogen (secondary N) is 2. The first-order chi connectivity index (χ1) is 11.5. The first kappa shape index (κ1) is 17.1. The van der Waals surface area contributed by atoms with Crippen molar-refractivity contribution in [3.63, 3.8) is 0 Å². The van der Waals surface area contributed by atoms with Gasteiger partial charge in [0.05, 0.1) is 11.7 Å². The number of hydrazine groups is 1. The highest BCUT2D eigenvalue weighted by Crippen LogP contribution is 2.26. The van der Waals surface area contributed by atoms with E-state index in [1.54, 1.807) is 0 Å². The van der Waals surface area contributed by atoms with E-state index >= 15 is 0 Å². The number of rotatable bonds is 6. The number of halogens is 1. The molecule has 0 amide bonds. The van der Waals surface area contributed by atoms with Crippen LogP contribution in [0.5, 0.6) is 0 Å². The summed E-state index contributed by atoms with van der Waals surface area (Å²) in [6.45, 7) is 6.73. The van der Waals surface area contributed by atoms with Crippen LogP contribution in [0, 0.1) is 11.7 Å². The smallest absolute Gasteiger partial charge is 0.139 e.